The van der Waals surface area contributed by atoms with Crippen molar-refractivity contribution in [2.24, 2.45) is 10.2 Å². The maximum atomic E-state index is 15.0. The maximum Gasteiger partial charge on any atom is 0.303 e. The smallest absolute Gasteiger partial charge is 0.303 e. The van der Waals surface area contributed by atoms with Gasteiger partial charge in [0.15, 0.2) is 57.6 Å². The maximum absolute atomic E-state index is 15.0. The molecule has 9 N–H and O–H groups in total. The third kappa shape index (κ3) is 30.5. The molecule has 4 aliphatic rings. The van der Waals surface area contributed by atoms with Gasteiger partial charge in [-0.1, -0.05) is 227 Å². The lowest BCUT2D eigenvalue weighted by molar-refractivity contribution is -0.783. The molecule has 6 aromatic rings. The number of rotatable bonds is 26. The van der Waals surface area contributed by atoms with Gasteiger partial charge in [-0.15, -0.1) is 10.1 Å². The second-order valence-corrected chi connectivity index (χ2v) is 31.7. The summed E-state index contributed by atoms with van der Waals surface area (Å²) in [6.45, 7) is 4.65. The van der Waals surface area contributed by atoms with Crippen molar-refractivity contribution in [3.05, 3.63) is 212 Å². The molecule has 0 aromatic heterocycles. The van der Waals surface area contributed by atoms with Crippen LogP contribution in [0.4, 0.5) is 0 Å². The van der Waals surface area contributed by atoms with E-state index in [4.69, 9.17) is 73.0 Å². The van der Waals surface area contributed by atoms with Crippen LogP contribution in [-0.2, 0) is 99.6 Å². The summed E-state index contributed by atoms with van der Waals surface area (Å²) >= 11 is 0. The number of carbonyl (C=O) groups excluding carboxylic acids is 8. The lowest BCUT2D eigenvalue weighted by Crippen LogP contribution is -2.66. The number of esters is 6. The molecule has 43 heteroatoms. The van der Waals surface area contributed by atoms with Crippen molar-refractivity contribution >= 4 is 93.7 Å². The Kier molecular flexibility index (Phi) is 52.1. The molecular formula is C84H121N9O32P2. The number of ether oxygens (including phenoxy) is 12. The van der Waals surface area contributed by atoms with E-state index in [-0.39, 0.29) is 75.8 Å². The minimum Gasteiger partial charge on any atom is -0.463 e. The van der Waals surface area contributed by atoms with Crippen LogP contribution < -0.4 is 42.5 Å². The average molecular weight is 1830 g/mol. The number of aliphatic hydroxyl groups is 7. The van der Waals surface area contributed by atoms with Crippen molar-refractivity contribution in [1.82, 2.24) is 10.6 Å². The summed E-state index contributed by atoms with van der Waals surface area (Å²) in [6.07, 6.45) is -21.4. The summed E-state index contributed by atoms with van der Waals surface area (Å²) in [5, 5.41) is 93.3. The van der Waals surface area contributed by atoms with Crippen molar-refractivity contribution in [3.63, 3.8) is 0 Å². The molecule has 20 atom stereocenters. The van der Waals surface area contributed by atoms with Crippen molar-refractivity contribution in [3.8, 4) is 0 Å². The van der Waals surface area contributed by atoms with Gasteiger partial charge >= 0.3 is 35.8 Å². The molecule has 0 aliphatic carbocycles. The van der Waals surface area contributed by atoms with E-state index in [0.717, 1.165) is 41.5 Å². The molecule has 12 unspecified atom stereocenters. The standard InChI is InChI=1S/C31H32NO10P.C26H28NO7P.C12H16N4O10.C7H13N3O5.8CH4/c1-19(33)39-18-25-28(40-20(2)34)29(41-21(3)35)27(31(37)42-25)32-30(36)24-16-10-11-17-26(24)43(38,22-12-6-4-7-13-22)23-14-8-5-9-15-23;1-33-26-22(24(30)23(29)20(16-28)34-26)27-25(31)19-14-8-9-15-21(19)35(32,17-10-4-2-5-11-17)18-12-6-3-7-13-18;1-5(17)22-4-8-10(23-6(2)18)11(24-7(3)19)9(14-15-13)12(25-8)26-16(20)21;1-14-7-4(9-10-8)6(13)5(12)3(2-11)15-7;;;;;;;;/h4-17,25,27-29,31,37H,18H2,1-3H3,(H,32,36);2-15,20,22-24,26,28-30H,16H2,1H3,(H,27,31);8-12H,4H2,1-3H3;3-7,11-13H,2H2,1H3;8*1H4/t25?,27?,28-,29-,31?;20?,22?,23-,24+,26?;8?,9?,10-,11-,12?;3?,4?,5-,6+,7?;;;;;;;;/m1010......../s1. The van der Waals surface area contributed by atoms with Crippen molar-refractivity contribution < 1.29 is 150 Å². The third-order valence-electron chi connectivity index (χ3n) is 18.2. The molecular weight excluding hydrogens is 1710 g/mol. The topological polar surface area (TPSA) is 597 Å². The van der Waals surface area contributed by atoms with Crippen LogP contribution in [0.15, 0.2) is 180 Å². The summed E-state index contributed by atoms with van der Waals surface area (Å²) in [5.74, 6) is -5.95. The first-order valence-electron chi connectivity index (χ1n) is 36.1. The highest BCUT2D eigenvalue weighted by atomic mass is 31.2. The van der Waals surface area contributed by atoms with Crippen molar-refractivity contribution in [2.75, 3.05) is 40.6 Å². The lowest BCUT2D eigenvalue weighted by Gasteiger charge is -2.43. The molecule has 127 heavy (non-hydrogen) atoms. The number of benzene rings is 6. The first-order chi connectivity index (χ1) is 56.7. The van der Waals surface area contributed by atoms with Crippen LogP contribution in [0.5, 0.6) is 0 Å². The Morgan fingerprint density at radius 3 is 1.09 bits per heavy atom. The largest absolute Gasteiger partial charge is 0.463 e. The molecule has 10 rings (SSSR count). The van der Waals surface area contributed by atoms with E-state index in [1.54, 1.807) is 152 Å². The van der Waals surface area contributed by atoms with Gasteiger partial charge in [-0.2, -0.15) is 0 Å². The Bertz CT molecular complexity index is 4550. The van der Waals surface area contributed by atoms with Crippen LogP contribution in [0.1, 0.15) is 122 Å². The number of amides is 2. The van der Waals surface area contributed by atoms with E-state index in [1.165, 1.54) is 20.3 Å². The van der Waals surface area contributed by atoms with E-state index in [2.05, 4.69) is 35.5 Å². The molecule has 0 saturated carbocycles. The molecule has 0 spiro atoms. The van der Waals surface area contributed by atoms with Crippen LogP contribution in [0.3, 0.4) is 0 Å². The molecule has 4 heterocycles. The minimum atomic E-state index is -3.59. The zero-order valence-corrected chi connectivity index (χ0v) is 66.7. The van der Waals surface area contributed by atoms with Crippen molar-refractivity contribution in [2.45, 2.75) is 224 Å². The minimum absolute atomic E-state index is 0. The summed E-state index contributed by atoms with van der Waals surface area (Å²) < 4.78 is 92.0. The Hall–Kier alpha value is -11.2. The fourth-order valence-electron chi connectivity index (χ4n) is 12.9. The number of nitrogens with one attached hydrogen (secondary N) is 2. The molecule has 6 aromatic carbocycles. The highest BCUT2D eigenvalue weighted by Gasteiger charge is 2.54. The van der Waals surface area contributed by atoms with Gasteiger partial charge in [0.1, 0.15) is 80.1 Å². The molecule has 4 fully saturated rings. The number of hydrogen-bond acceptors (Lipinski definition) is 34. The SMILES string of the molecule is C.C.C.C.C.C.C.C.CC(=O)OCC1OC(O)C(NC(=O)c2ccccc2P(=O)(c2ccccc2)c2ccccc2)[C@@H](OC(C)=O)[C@@H]1OC(C)=O.CC(=O)OCC1OC(O[N+](=O)[O-])C(N=[N+]=[N-])[C@@H](OC(C)=O)[C@@H]1OC(C)=O.COC1OC(CO)[C@H](O)[C@H](O)C1N=[N+]=[N-].COC1OC(CO)[C@H](O)[C@H](O)C1NC(=O)c1ccccc1P(=O)(c1ccccc1)c1ccccc1. The Morgan fingerprint density at radius 2 is 0.732 bits per heavy atom. The second kappa shape index (κ2) is 56.1. The van der Waals surface area contributed by atoms with Gasteiger partial charge in [0.05, 0.1) is 30.4 Å². The molecule has 0 radical (unpaired) electrons. The van der Waals surface area contributed by atoms with Crippen LogP contribution in [-0.4, -0.2) is 252 Å². The Labute approximate surface area is 737 Å². The van der Waals surface area contributed by atoms with Crippen molar-refractivity contribution in [1.29, 1.82) is 0 Å². The van der Waals surface area contributed by atoms with Crippen LogP contribution in [0.25, 0.3) is 20.9 Å². The van der Waals surface area contributed by atoms with Gasteiger partial charge in [0.2, 0.25) is 6.29 Å². The van der Waals surface area contributed by atoms with Gasteiger partial charge in [-0.25, -0.2) is 0 Å². The van der Waals surface area contributed by atoms with E-state index in [9.17, 15) is 83.7 Å². The number of hydrogen-bond donors (Lipinski definition) is 9. The van der Waals surface area contributed by atoms with E-state index >= 15 is 4.57 Å². The van der Waals surface area contributed by atoms with Gasteiger partial charge in [0.25, 0.3) is 16.9 Å². The van der Waals surface area contributed by atoms with Crippen LogP contribution >= 0.6 is 14.3 Å². The highest BCUT2D eigenvalue weighted by Crippen LogP contribution is 2.45. The van der Waals surface area contributed by atoms with E-state index < -0.39 is 216 Å². The van der Waals surface area contributed by atoms with Crippen LogP contribution in [0, 0.1) is 10.1 Å². The summed E-state index contributed by atoms with van der Waals surface area (Å²) in [6, 6.07) is 43.3. The summed E-state index contributed by atoms with van der Waals surface area (Å²) in [5.41, 5.74) is 17.2. The highest BCUT2D eigenvalue weighted by molar-refractivity contribution is 7.86. The first-order valence-corrected chi connectivity index (χ1v) is 39.5. The number of nitrogens with zero attached hydrogens (tertiary/aromatic N) is 7. The number of aliphatic hydroxyl groups excluding tert-OH is 7. The molecule has 704 valence electrons. The number of methoxy groups -OCH3 is 2. The Balaban J connectivity index is 0. The molecule has 4 saturated heterocycles. The fourth-order valence-corrected chi connectivity index (χ4v) is 18.6. The van der Waals surface area contributed by atoms with Crippen LogP contribution in [0.2, 0.25) is 0 Å². The van der Waals surface area contributed by atoms with Gasteiger partial charge in [0, 0.05) is 97.4 Å². The summed E-state index contributed by atoms with van der Waals surface area (Å²) in [4.78, 5) is 117. The van der Waals surface area contributed by atoms with Gasteiger partial charge < -0.3 is 112 Å². The van der Waals surface area contributed by atoms with E-state index in [1.807, 2.05) is 12.1 Å². The zero-order valence-electron chi connectivity index (χ0n) is 64.9. The molecule has 4 aliphatic heterocycles. The predicted octanol–water partition coefficient (Wildman–Crippen LogP) is 5.94. The fraction of sp³-hybridized carbons (Fsp3) is 0.476. The quantitative estimate of drug-likeness (QED) is 0.00443. The monoisotopic (exact) mass is 1830 g/mol. The second-order valence-electron chi connectivity index (χ2n) is 26.2. The normalized spacial score (nSPS) is 24.6. The average Bonchev–Trinajstić information content (AvgIpc) is 0.760. The molecule has 0 bridgehead atoms. The summed E-state index contributed by atoms with van der Waals surface area (Å²) in [7, 11) is -4.41. The van der Waals surface area contributed by atoms with Gasteiger partial charge in [-0.3, -0.25) is 43.2 Å². The Morgan fingerprint density at radius 1 is 0.417 bits per heavy atom. The molecule has 2 amide bonds. The first kappa shape index (κ1) is 118. The third-order valence-corrected chi connectivity index (χ3v) is 24.4. The predicted molar refractivity (Wildman–Crippen MR) is 467 cm³/mol. The van der Waals surface area contributed by atoms with Gasteiger partial charge in [-0.05, 0) is 23.2 Å². The van der Waals surface area contributed by atoms with E-state index in [0.29, 0.717) is 26.5 Å². The number of carbonyl (C=O) groups is 8. The lowest BCUT2D eigenvalue weighted by atomic mass is 9.96. The number of azide groups is 2. The molecule has 41 nitrogen and oxygen atoms in total. The zero-order chi connectivity index (χ0) is 87.4.